The molecule has 0 saturated carbocycles. The van der Waals surface area contributed by atoms with Crippen molar-refractivity contribution in [2.45, 2.75) is 111 Å². The lowest BCUT2D eigenvalue weighted by Gasteiger charge is -2.31. The van der Waals surface area contributed by atoms with Crippen LogP contribution in [0.4, 0.5) is 17.1 Å². The monoisotopic (exact) mass is 714 g/mol. The van der Waals surface area contributed by atoms with E-state index in [0.717, 1.165) is 17.1 Å². The second-order valence-corrected chi connectivity index (χ2v) is 9.02. The topological polar surface area (TPSA) is 3.24 Å². The van der Waals surface area contributed by atoms with Crippen molar-refractivity contribution in [2.24, 2.45) is 0 Å². The summed E-state index contributed by atoms with van der Waals surface area (Å²) in [4.78, 5) is 2.39. The Bertz CT molecular complexity index is 1480. The van der Waals surface area contributed by atoms with Crippen molar-refractivity contribution >= 4 is 17.1 Å². The zero-order valence-corrected chi connectivity index (χ0v) is 36.5. The standard InChI is InChI=1S/C36H27N.8C2H6/c1-6-16-28(17-7-1)31-26-34(29-18-8-2-9-19-29)36(35(27-31)30-20-10-3-11-21-30)37(32-22-12-4-13-23-32)33-24-14-5-15-25-33;8*1-2/h1-27H;8*1-2H3. The summed E-state index contributed by atoms with van der Waals surface area (Å²) in [5.41, 5.74) is 10.5. The summed E-state index contributed by atoms with van der Waals surface area (Å²) in [6, 6.07) is 58.1. The van der Waals surface area contributed by atoms with Crippen LogP contribution in [-0.4, -0.2) is 0 Å². The van der Waals surface area contributed by atoms with Gasteiger partial charge in [0.1, 0.15) is 0 Å². The van der Waals surface area contributed by atoms with E-state index in [9.17, 15) is 0 Å². The first-order chi connectivity index (χ1) is 26.4. The molecule has 0 aromatic heterocycles. The smallest absolute Gasteiger partial charge is 0.0618 e. The van der Waals surface area contributed by atoms with E-state index in [4.69, 9.17) is 0 Å². The van der Waals surface area contributed by atoms with Crippen LogP contribution in [0.1, 0.15) is 111 Å². The molecule has 1 heteroatoms. The van der Waals surface area contributed by atoms with Gasteiger partial charge in [0.25, 0.3) is 0 Å². The molecule has 6 rings (SSSR count). The number of para-hydroxylation sites is 2. The van der Waals surface area contributed by atoms with Gasteiger partial charge in [-0.15, -0.1) is 0 Å². The van der Waals surface area contributed by atoms with Crippen molar-refractivity contribution in [2.75, 3.05) is 4.90 Å². The molecular formula is C52H75N. The molecule has 0 aliphatic carbocycles. The Labute approximate surface area is 328 Å². The molecule has 0 bridgehead atoms. The maximum absolute atomic E-state index is 2.39. The molecule has 0 N–H and O–H groups in total. The Morgan fingerprint density at radius 1 is 0.245 bits per heavy atom. The largest absolute Gasteiger partial charge is 0.309 e. The zero-order valence-electron chi connectivity index (χ0n) is 36.5. The van der Waals surface area contributed by atoms with Gasteiger partial charge in [0.15, 0.2) is 0 Å². The molecular weight excluding hydrogens is 639 g/mol. The highest BCUT2D eigenvalue weighted by atomic mass is 15.1. The average molecular weight is 714 g/mol. The average Bonchev–Trinajstić information content (AvgIpc) is 3.31. The minimum atomic E-state index is 1.12. The van der Waals surface area contributed by atoms with Gasteiger partial charge in [0.2, 0.25) is 0 Å². The van der Waals surface area contributed by atoms with Crippen LogP contribution in [-0.2, 0) is 0 Å². The van der Waals surface area contributed by atoms with Crippen LogP contribution < -0.4 is 4.90 Å². The second-order valence-electron chi connectivity index (χ2n) is 9.02. The predicted octanol–water partition coefficient (Wildman–Crippen LogP) is 18.4. The van der Waals surface area contributed by atoms with Crippen molar-refractivity contribution in [1.82, 2.24) is 0 Å². The van der Waals surface area contributed by atoms with Gasteiger partial charge in [-0.3, -0.25) is 0 Å². The SMILES string of the molecule is CC.CC.CC.CC.CC.CC.CC.CC.c1ccc(-c2cc(-c3ccccc3)c(N(c3ccccc3)c3ccccc3)c(-c3ccccc3)c2)cc1. The zero-order chi connectivity index (χ0) is 40.9. The first-order valence-electron chi connectivity index (χ1n) is 20.6. The van der Waals surface area contributed by atoms with Crippen molar-refractivity contribution in [3.05, 3.63) is 164 Å². The first-order valence-corrected chi connectivity index (χ1v) is 20.6. The van der Waals surface area contributed by atoms with Crippen LogP contribution >= 0.6 is 0 Å². The van der Waals surface area contributed by atoms with Crippen LogP contribution in [0.25, 0.3) is 33.4 Å². The number of rotatable bonds is 6. The van der Waals surface area contributed by atoms with E-state index in [1.54, 1.807) is 0 Å². The van der Waals surface area contributed by atoms with Gasteiger partial charge in [-0.2, -0.15) is 0 Å². The van der Waals surface area contributed by atoms with Gasteiger partial charge < -0.3 is 4.90 Å². The Hall–Kier alpha value is -4.88. The molecule has 6 aromatic carbocycles. The first kappa shape index (κ1) is 52.5. The predicted molar refractivity (Wildman–Crippen MR) is 248 cm³/mol. The number of anilines is 3. The number of nitrogens with zero attached hydrogens (tertiary/aromatic N) is 1. The molecule has 0 saturated heterocycles. The molecule has 0 spiro atoms. The minimum Gasteiger partial charge on any atom is -0.309 e. The molecule has 0 radical (unpaired) electrons. The Morgan fingerprint density at radius 2 is 0.472 bits per heavy atom. The number of hydrogen-bond acceptors (Lipinski definition) is 1. The van der Waals surface area contributed by atoms with Gasteiger partial charge in [-0.25, -0.2) is 0 Å². The number of hydrogen-bond donors (Lipinski definition) is 0. The minimum absolute atomic E-state index is 1.12. The van der Waals surface area contributed by atoms with Gasteiger partial charge in [0, 0.05) is 22.5 Å². The Balaban J connectivity index is -0.00000139. The maximum Gasteiger partial charge on any atom is 0.0618 e. The summed E-state index contributed by atoms with van der Waals surface area (Å²) in [5.74, 6) is 0. The number of benzene rings is 6. The lowest BCUT2D eigenvalue weighted by molar-refractivity contribution is 1.28. The van der Waals surface area contributed by atoms with Crippen LogP contribution in [0.3, 0.4) is 0 Å². The van der Waals surface area contributed by atoms with Gasteiger partial charge in [-0.05, 0) is 58.7 Å². The van der Waals surface area contributed by atoms with E-state index in [2.05, 4.69) is 169 Å². The summed E-state index contributed by atoms with van der Waals surface area (Å²) >= 11 is 0. The molecule has 53 heavy (non-hydrogen) atoms. The molecule has 0 unspecified atom stereocenters. The highest BCUT2D eigenvalue weighted by molar-refractivity contribution is 6.00. The second kappa shape index (κ2) is 36.9. The summed E-state index contributed by atoms with van der Waals surface area (Å²) in [5, 5.41) is 0. The van der Waals surface area contributed by atoms with Gasteiger partial charge in [-0.1, -0.05) is 238 Å². The maximum atomic E-state index is 2.39. The van der Waals surface area contributed by atoms with Crippen molar-refractivity contribution in [3.8, 4) is 33.4 Å². The lowest BCUT2D eigenvalue weighted by atomic mass is 9.90. The van der Waals surface area contributed by atoms with Crippen molar-refractivity contribution in [3.63, 3.8) is 0 Å². The summed E-state index contributed by atoms with van der Waals surface area (Å²) in [7, 11) is 0. The molecule has 1 nitrogen and oxygen atoms in total. The van der Waals surface area contributed by atoms with E-state index in [1.165, 1.54) is 33.4 Å². The molecule has 0 amide bonds. The molecule has 0 aliphatic heterocycles. The molecule has 0 atom stereocenters. The Morgan fingerprint density at radius 3 is 0.736 bits per heavy atom. The van der Waals surface area contributed by atoms with Gasteiger partial charge in [0.05, 0.1) is 5.69 Å². The lowest BCUT2D eigenvalue weighted by Crippen LogP contribution is -2.12. The summed E-state index contributed by atoms with van der Waals surface area (Å²) < 4.78 is 0. The van der Waals surface area contributed by atoms with Crippen LogP contribution in [0.15, 0.2) is 164 Å². The van der Waals surface area contributed by atoms with Crippen molar-refractivity contribution in [1.29, 1.82) is 0 Å². The highest BCUT2D eigenvalue weighted by Gasteiger charge is 2.23. The Kier molecular flexibility index (Phi) is 36.5. The third-order valence-electron chi connectivity index (χ3n) is 6.64. The molecule has 0 aliphatic rings. The molecule has 0 fully saturated rings. The van der Waals surface area contributed by atoms with Crippen LogP contribution in [0.2, 0.25) is 0 Å². The van der Waals surface area contributed by atoms with E-state index in [-0.39, 0.29) is 0 Å². The molecule has 6 aromatic rings. The fraction of sp³-hybridized carbons (Fsp3) is 0.308. The summed E-state index contributed by atoms with van der Waals surface area (Å²) in [6.45, 7) is 32.0. The van der Waals surface area contributed by atoms with E-state index in [0.29, 0.717) is 0 Å². The third-order valence-corrected chi connectivity index (χ3v) is 6.64. The van der Waals surface area contributed by atoms with Gasteiger partial charge >= 0.3 is 0 Å². The third kappa shape index (κ3) is 17.0. The van der Waals surface area contributed by atoms with E-state index < -0.39 is 0 Å². The quantitative estimate of drug-likeness (QED) is 0.166. The van der Waals surface area contributed by atoms with Crippen LogP contribution in [0, 0.1) is 0 Å². The highest BCUT2D eigenvalue weighted by Crippen LogP contribution is 2.48. The van der Waals surface area contributed by atoms with Crippen molar-refractivity contribution < 1.29 is 0 Å². The molecule has 0 heterocycles. The van der Waals surface area contributed by atoms with E-state index in [1.807, 2.05) is 111 Å². The normalized spacial score (nSPS) is 8.38. The molecule has 288 valence electrons. The van der Waals surface area contributed by atoms with E-state index >= 15 is 0 Å². The summed E-state index contributed by atoms with van der Waals surface area (Å²) in [6.07, 6.45) is 0. The fourth-order valence-corrected chi connectivity index (χ4v) is 4.91. The fourth-order valence-electron chi connectivity index (χ4n) is 4.91. The van der Waals surface area contributed by atoms with Crippen LogP contribution in [0.5, 0.6) is 0 Å².